The van der Waals surface area contributed by atoms with Crippen LogP contribution in [0.3, 0.4) is 0 Å². The van der Waals surface area contributed by atoms with Crippen LogP contribution in [-0.4, -0.2) is 39.2 Å². The highest BCUT2D eigenvalue weighted by molar-refractivity contribution is 6.25. The van der Waals surface area contributed by atoms with Crippen LogP contribution in [0.15, 0.2) is 66.7 Å². The van der Waals surface area contributed by atoms with Gasteiger partial charge in [-0.2, -0.15) is 5.10 Å². The van der Waals surface area contributed by atoms with Crippen molar-refractivity contribution in [2.45, 2.75) is 32.4 Å². The van der Waals surface area contributed by atoms with Gasteiger partial charge in [-0.15, -0.1) is 0 Å². The average Bonchev–Trinajstić information content (AvgIpc) is 3.19. The van der Waals surface area contributed by atoms with Crippen LogP contribution in [0, 0.1) is 0 Å². The number of nitrogens with zero attached hydrogens (tertiary/aromatic N) is 2. The second-order valence-electron chi connectivity index (χ2n) is 8.42. The van der Waals surface area contributed by atoms with E-state index in [0.717, 1.165) is 27.7 Å². The van der Waals surface area contributed by atoms with Gasteiger partial charge in [0, 0.05) is 28.5 Å². The fourth-order valence-corrected chi connectivity index (χ4v) is 4.30. The van der Waals surface area contributed by atoms with Crippen LogP contribution in [0.2, 0.25) is 0 Å². The number of hydrogen-bond acceptors (Lipinski definition) is 5. The highest BCUT2D eigenvalue weighted by Crippen LogP contribution is 2.38. The van der Waals surface area contributed by atoms with E-state index in [0.29, 0.717) is 29.7 Å². The highest BCUT2D eigenvalue weighted by atomic mass is 16.5. The van der Waals surface area contributed by atoms with Crippen molar-refractivity contribution in [1.82, 2.24) is 9.78 Å². The van der Waals surface area contributed by atoms with Gasteiger partial charge in [0.2, 0.25) is 0 Å². The number of carbonyl (C=O) groups is 2. The lowest BCUT2D eigenvalue weighted by atomic mass is 9.87. The molecule has 0 fully saturated rings. The summed E-state index contributed by atoms with van der Waals surface area (Å²) in [5.74, 6) is 0.827. The van der Waals surface area contributed by atoms with Gasteiger partial charge in [-0.3, -0.25) is 9.48 Å². The first-order valence-corrected chi connectivity index (χ1v) is 11.0. The zero-order chi connectivity index (χ0) is 22.9. The Balaban J connectivity index is 1.32. The molecule has 1 aromatic heterocycles. The van der Waals surface area contributed by atoms with Crippen LogP contribution in [-0.2, 0) is 17.8 Å². The monoisotopic (exact) mass is 440 g/mol. The summed E-state index contributed by atoms with van der Waals surface area (Å²) in [6, 6.07) is 20.7. The first-order valence-electron chi connectivity index (χ1n) is 11.0. The van der Waals surface area contributed by atoms with Crippen molar-refractivity contribution >= 4 is 22.5 Å². The molecular formula is C27H24N2O4. The van der Waals surface area contributed by atoms with E-state index in [4.69, 9.17) is 9.84 Å². The van der Waals surface area contributed by atoms with Gasteiger partial charge in [0.25, 0.3) is 0 Å². The molecule has 0 saturated heterocycles. The number of fused-ring (bicyclic) bond motifs is 2. The number of aryl methyl sites for hydroxylation is 1. The van der Waals surface area contributed by atoms with E-state index in [1.165, 1.54) is 0 Å². The van der Waals surface area contributed by atoms with Crippen molar-refractivity contribution in [2.24, 2.45) is 0 Å². The third-order valence-electron chi connectivity index (χ3n) is 5.96. The maximum atomic E-state index is 13.0. The molecule has 4 aromatic rings. The van der Waals surface area contributed by atoms with Crippen molar-refractivity contribution in [3.8, 4) is 17.0 Å². The Morgan fingerprint density at radius 3 is 2.48 bits per heavy atom. The molecule has 1 aliphatic carbocycles. The molecule has 166 valence electrons. The molecule has 0 radical (unpaired) electrons. The lowest BCUT2D eigenvalue weighted by Crippen LogP contribution is -2.24. The predicted octanol–water partition coefficient (Wildman–Crippen LogP) is 4.21. The Bertz CT molecular complexity index is 1350. The third-order valence-corrected chi connectivity index (χ3v) is 5.96. The van der Waals surface area contributed by atoms with Crippen LogP contribution < -0.4 is 4.74 Å². The number of carbonyl (C=O) groups excluding carboxylic acids is 2. The number of aromatic nitrogens is 2. The molecule has 33 heavy (non-hydrogen) atoms. The number of Topliss-reactive ketones (excluding diaryl/α,β-unsaturated/α-hetero) is 1. The van der Waals surface area contributed by atoms with Crippen molar-refractivity contribution in [2.75, 3.05) is 6.61 Å². The lowest BCUT2D eigenvalue weighted by molar-refractivity contribution is -0.116. The SMILES string of the molecule is CC(=O)CCc1ccc(OCC(O)Cn2nc3c4c(cccc42)C(=O)c2ccccc2-3)cc1. The van der Waals surface area contributed by atoms with Gasteiger partial charge in [0.05, 0.1) is 12.1 Å². The summed E-state index contributed by atoms with van der Waals surface area (Å²) in [7, 11) is 0. The molecule has 1 unspecified atom stereocenters. The summed E-state index contributed by atoms with van der Waals surface area (Å²) in [6.45, 7) is 1.94. The number of aliphatic hydroxyl groups excluding tert-OH is 1. The smallest absolute Gasteiger partial charge is 0.194 e. The van der Waals surface area contributed by atoms with E-state index in [1.54, 1.807) is 11.6 Å². The summed E-state index contributed by atoms with van der Waals surface area (Å²) < 4.78 is 7.52. The van der Waals surface area contributed by atoms with Crippen LogP contribution in [0.4, 0.5) is 0 Å². The normalized spacial score (nSPS) is 13.1. The molecule has 0 saturated carbocycles. The zero-order valence-corrected chi connectivity index (χ0v) is 18.3. The van der Waals surface area contributed by atoms with E-state index >= 15 is 0 Å². The molecule has 1 heterocycles. The maximum absolute atomic E-state index is 13.0. The minimum absolute atomic E-state index is 0.00104. The molecule has 1 N–H and O–H groups in total. The lowest BCUT2D eigenvalue weighted by Gasteiger charge is -2.14. The predicted molar refractivity (Wildman–Crippen MR) is 126 cm³/mol. The maximum Gasteiger partial charge on any atom is 0.194 e. The minimum Gasteiger partial charge on any atom is -0.491 e. The molecule has 1 aliphatic rings. The largest absolute Gasteiger partial charge is 0.491 e. The Labute approximate surface area is 191 Å². The quantitative estimate of drug-likeness (QED) is 0.391. The molecule has 0 amide bonds. The second-order valence-corrected chi connectivity index (χ2v) is 8.42. The van der Waals surface area contributed by atoms with Crippen molar-refractivity contribution in [1.29, 1.82) is 0 Å². The van der Waals surface area contributed by atoms with E-state index in [1.807, 2.05) is 66.7 Å². The van der Waals surface area contributed by atoms with Crippen LogP contribution in [0.1, 0.15) is 34.8 Å². The van der Waals surface area contributed by atoms with Gasteiger partial charge in [-0.05, 0) is 37.1 Å². The molecule has 6 nitrogen and oxygen atoms in total. The first kappa shape index (κ1) is 21.1. The van der Waals surface area contributed by atoms with Crippen molar-refractivity contribution < 1.29 is 19.4 Å². The summed E-state index contributed by atoms with van der Waals surface area (Å²) in [4.78, 5) is 24.1. The molecule has 0 spiro atoms. The number of benzene rings is 3. The van der Waals surface area contributed by atoms with Crippen molar-refractivity contribution in [3.05, 3.63) is 83.4 Å². The van der Waals surface area contributed by atoms with Gasteiger partial charge >= 0.3 is 0 Å². The van der Waals surface area contributed by atoms with E-state index in [-0.39, 0.29) is 24.7 Å². The molecular weight excluding hydrogens is 416 g/mol. The fourth-order valence-electron chi connectivity index (χ4n) is 4.30. The van der Waals surface area contributed by atoms with Gasteiger partial charge in [0.1, 0.15) is 29.9 Å². The Morgan fingerprint density at radius 1 is 1.00 bits per heavy atom. The fraction of sp³-hybridized carbons (Fsp3) is 0.222. The topological polar surface area (TPSA) is 81.4 Å². The Morgan fingerprint density at radius 2 is 1.73 bits per heavy atom. The van der Waals surface area contributed by atoms with Crippen LogP contribution in [0.5, 0.6) is 5.75 Å². The number of rotatable bonds is 8. The number of aliphatic hydroxyl groups is 1. The average molecular weight is 440 g/mol. The summed E-state index contributed by atoms with van der Waals surface area (Å²) >= 11 is 0. The number of ether oxygens (including phenoxy) is 1. The molecule has 1 atom stereocenters. The number of hydrogen-bond donors (Lipinski definition) is 1. The highest BCUT2D eigenvalue weighted by Gasteiger charge is 2.28. The van der Waals surface area contributed by atoms with Crippen LogP contribution >= 0.6 is 0 Å². The Kier molecular flexibility index (Phi) is 5.52. The summed E-state index contributed by atoms with van der Waals surface area (Å²) in [6.07, 6.45) is 0.450. The van der Waals surface area contributed by atoms with Crippen LogP contribution in [0.25, 0.3) is 22.2 Å². The molecule has 0 aliphatic heterocycles. The van der Waals surface area contributed by atoms with Gasteiger partial charge < -0.3 is 14.6 Å². The van der Waals surface area contributed by atoms with Crippen molar-refractivity contribution in [3.63, 3.8) is 0 Å². The summed E-state index contributed by atoms with van der Waals surface area (Å²) in [5, 5.41) is 16.2. The second kappa shape index (κ2) is 8.64. The standard InChI is InChI=1S/C27H24N2O4/c1-17(30)9-10-18-11-13-20(14-12-18)33-16-19(31)15-29-24-8-4-7-23-25(24)26(28-29)21-5-2-3-6-22(21)27(23)32/h2-8,11-14,19,31H,9-10,15-16H2,1H3. The first-order chi connectivity index (χ1) is 16.0. The molecule has 3 aromatic carbocycles. The van der Waals surface area contributed by atoms with E-state index in [2.05, 4.69) is 0 Å². The minimum atomic E-state index is -0.784. The number of ketones is 2. The van der Waals surface area contributed by atoms with E-state index in [9.17, 15) is 14.7 Å². The molecule has 6 heteroatoms. The summed E-state index contributed by atoms with van der Waals surface area (Å²) in [5.41, 5.74) is 4.77. The van der Waals surface area contributed by atoms with Gasteiger partial charge in [-0.25, -0.2) is 0 Å². The van der Waals surface area contributed by atoms with Gasteiger partial charge in [-0.1, -0.05) is 48.5 Å². The Hall–Kier alpha value is -3.77. The third kappa shape index (κ3) is 4.05. The molecule has 5 rings (SSSR count). The van der Waals surface area contributed by atoms with E-state index < -0.39 is 6.10 Å². The molecule has 0 bridgehead atoms. The van der Waals surface area contributed by atoms with Gasteiger partial charge in [0.15, 0.2) is 5.78 Å². The zero-order valence-electron chi connectivity index (χ0n) is 18.3.